The van der Waals surface area contributed by atoms with Gasteiger partial charge in [-0.25, -0.2) is 4.98 Å². The number of imidazole rings is 1. The number of fused-ring (bicyclic) bond motifs is 8. The van der Waals surface area contributed by atoms with Crippen LogP contribution in [0.5, 0.6) is 0 Å². The van der Waals surface area contributed by atoms with Crippen molar-refractivity contribution in [2.75, 3.05) is 0 Å². The van der Waals surface area contributed by atoms with Crippen LogP contribution in [0.2, 0.25) is 0 Å². The lowest BCUT2D eigenvalue weighted by molar-refractivity contribution is 1.19. The van der Waals surface area contributed by atoms with Crippen molar-refractivity contribution in [2.45, 2.75) is 6.92 Å². The van der Waals surface area contributed by atoms with E-state index >= 15 is 0 Å². The summed E-state index contributed by atoms with van der Waals surface area (Å²) >= 11 is 0. The predicted molar refractivity (Wildman–Crippen MR) is 229 cm³/mol. The summed E-state index contributed by atoms with van der Waals surface area (Å²) in [5, 5.41) is 12.7. The van der Waals surface area contributed by atoms with Crippen LogP contribution >= 0.6 is 0 Å². The molecule has 11 rings (SSSR count). The Kier molecular flexibility index (Phi) is 6.80. The molecule has 11 aromatic rings. The molecule has 0 aliphatic heterocycles. The van der Waals surface area contributed by atoms with E-state index in [9.17, 15) is 0 Å². The molecule has 0 atom stereocenters. The normalized spacial score (nSPS) is 11.8. The molecule has 9 aromatic carbocycles. The first-order valence-corrected chi connectivity index (χ1v) is 18.6. The molecule has 54 heavy (non-hydrogen) atoms. The Balaban J connectivity index is 0.997. The Bertz CT molecular complexity index is 3240. The summed E-state index contributed by atoms with van der Waals surface area (Å²) in [6, 6.07) is 64.4. The van der Waals surface area contributed by atoms with E-state index in [1.807, 2.05) is 24.4 Å². The summed E-state index contributed by atoms with van der Waals surface area (Å²) < 4.78 is 2.08. The van der Waals surface area contributed by atoms with Gasteiger partial charge in [0.1, 0.15) is 5.65 Å². The molecule has 0 N–H and O–H groups in total. The van der Waals surface area contributed by atoms with Gasteiger partial charge in [-0.3, -0.25) is 0 Å². The Morgan fingerprint density at radius 2 is 1.00 bits per heavy atom. The van der Waals surface area contributed by atoms with Crippen molar-refractivity contribution in [1.82, 2.24) is 9.38 Å². The SMILES string of the molecule is Cc1cccc2ccc3cccc(-c4cccc5ccc6cc(-c7ccc(-c8ccc(-c9cn%10ccccc%10n9)c9ccccc89)cc7)ccc6c45)c3c12. The largest absolute Gasteiger partial charge is 0.306 e. The third-order valence-electron chi connectivity index (χ3n) is 11.3. The lowest BCUT2D eigenvalue weighted by Crippen LogP contribution is -1.89. The molecule has 0 aliphatic carbocycles. The smallest absolute Gasteiger partial charge is 0.137 e. The first-order chi connectivity index (χ1) is 26.7. The van der Waals surface area contributed by atoms with Crippen molar-refractivity contribution in [3.63, 3.8) is 0 Å². The molecule has 2 heterocycles. The monoisotopic (exact) mass is 686 g/mol. The highest BCUT2D eigenvalue weighted by atomic mass is 15.0. The summed E-state index contributed by atoms with van der Waals surface area (Å²) in [5.41, 5.74) is 11.8. The van der Waals surface area contributed by atoms with Crippen LogP contribution in [-0.2, 0) is 0 Å². The maximum absolute atomic E-state index is 4.93. The lowest BCUT2D eigenvalue weighted by atomic mass is 9.88. The fraction of sp³-hybridized carbons (Fsp3) is 0.0192. The van der Waals surface area contributed by atoms with E-state index in [1.54, 1.807) is 0 Å². The molecule has 0 radical (unpaired) electrons. The zero-order valence-corrected chi connectivity index (χ0v) is 29.8. The quantitative estimate of drug-likeness (QED) is 0.168. The number of aromatic nitrogens is 2. The zero-order valence-electron chi connectivity index (χ0n) is 29.8. The number of nitrogens with zero attached hydrogens (tertiary/aromatic N) is 2. The van der Waals surface area contributed by atoms with Crippen LogP contribution in [0.15, 0.2) is 188 Å². The van der Waals surface area contributed by atoms with Crippen LogP contribution in [0.1, 0.15) is 5.56 Å². The average molecular weight is 687 g/mol. The predicted octanol–water partition coefficient (Wildman–Crippen LogP) is 14.1. The fourth-order valence-electron chi connectivity index (χ4n) is 8.77. The molecule has 0 aliphatic rings. The van der Waals surface area contributed by atoms with Gasteiger partial charge in [0, 0.05) is 18.0 Å². The highest BCUT2D eigenvalue weighted by Crippen LogP contribution is 2.42. The molecule has 2 heteroatoms. The number of pyridine rings is 1. The number of hydrogen-bond acceptors (Lipinski definition) is 1. The minimum atomic E-state index is 0.951. The molecule has 0 unspecified atom stereocenters. The Labute approximate surface area is 313 Å². The van der Waals surface area contributed by atoms with Gasteiger partial charge in [0.15, 0.2) is 0 Å². The molecular formula is C52H34N2. The van der Waals surface area contributed by atoms with Crippen molar-refractivity contribution in [2.24, 2.45) is 0 Å². The molecule has 0 bridgehead atoms. The summed E-state index contributed by atoms with van der Waals surface area (Å²) in [6.45, 7) is 2.23. The maximum Gasteiger partial charge on any atom is 0.137 e. The van der Waals surface area contributed by atoms with Gasteiger partial charge < -0.3 is 4.40 Å². The highest BCUT2D eigenvalue weighted by Gasteiger charge is 2.15. The topological polar surface area (TPSA) is 17.3 Å². The average Bonchev–Trinajstić information content (AvgIpc) is 3.67. The Morgan fingerprint density at radius 3 is 1.78 bits per heavy atom. The molecule has 252 valence electrons. The molecule has 0 spiro atoms. The second-order valence-electron chi connectivity index (χ2n) is 14.4. The van der Waals surface area contributed by atoms with Crippen LogP contribution in [0.25, 0.3) is 104 Å². The number of hydrogen-bond donors (Lipinski definition) is 0. The summed E-state index contributed by atoms with van der Waals surface area (Å²) in [7, 11) is 0. The van der Waals surface area contributed by atoms with E-state index < -0.39 is 0 Å². The van der Waals surface area contributed by atoms with Gasteiger partial charge in [-0.15, -0.1) is 0 Å². The van der Waals surface area contributed by atoms with Gasteiger partial charge >= 0.3 is 0 Å². The van der Waals surface area contributed by atoms with Crippen molar-refractivity contribution in [3.05, 3.63) is 194 Å². The van der Waals surface area contributed by atoms with Crippen molar-refractivity contribution < 1.29 is 0 Å². The molecular weight excluding hydrogens is 653 g/mol. The first-order valence-electron chi connectivity index (χ1n) is 18.6. The van der Waals surface area contributed by atoms with Gasteiger partial charge in [-0.1, -0.05) is 158 Å². The van der Waals surface area contributed by atoms with Crippen molar-refractivity contribution in [1.29, 1.82) is 0 Å². The van der Waals surface area contributed by atoms with Crippen molar-refractivity contribution in [3.8, 4) is 44.6 Å². The van der Waals surface area contributed by atoms with E-state index in [4.69, 9.17) is 4.98 Å². The number of benzene rings is 9. The van der Waals surface area contributed by atoms with E-state index in [2.05, 4.69) is 175 Å². The number of aryl methyl sites for hydroxylation is 1. The molecule has 0 saturated carbocycles. The van der Waals surface area contributed by atoms with Crippen molar-refractivity contribution >= 4 is 59.5 Å². The highest BCUT2D eigenvalue weighted by molar-refractivity contribution is 6.21. The molecule has 0 fully saturated rings. The van der Waals surface area contributed by atoms with Gasteiger partial charge in [0.25, 0.3) is 0 Å². The third kappa shape index (κ3) is 4.77. The van der Waals surface area contributed by atoms with Crippen LogP contribution < -0.4 is 0 Å². The van der Waals surface area contributed by atoms with Gasteiger partial charge in [0.05, 0.1) is 5.69 Å². The first kappa shape index (κ1) is 30.6. The standard InChI is InChI=1S/C52H34N2/c1-33-9-6-10-36-22-23-38-12-8-16-47(52(38)50(33)36)46-15-7-11-37-24-25-40-31-39(26-27-42(40)51(37)46)34-18-20-35(21-19-34)41-28-29-45(44-14-3-2-13-43(41)44)48-32-54-30-5-4-17-49(54)53-48/h2-32H,1H3. The molecule has 2 aromatic heterocycles. The minimum Gasteiger partial charge on any atom is -0.306 e. The lowest BCUT2D eigenvalue weighted by Gasteiger charge is -2.16. The Morgan fingerprint density at radius 1 is 0.389 bits per heavy atom. The fourth-order valence-corrected chi connectivity index (χ4v) is 8.77. The zero-order chi connectivity index (χ0) is 35.8. The Hall–Kier alpha value is -7.03. The van der Waals surface area contributed by atoms with E-state index in [-0.39, 0.29) is 0 Å². The van der Waals surface area contributed by atoms with Crippen LogP contribution in [0.4, 0.5) is 0 Å². The van der Waals surface area contributed by atoms with Gasteiger partial charge in [-0.2, -0.15) is 0 Å². The minimum absolute atomic E-state index is 0.951. The van der Waals surface area contributed by atoms with E-state index in [0.717, 1.165) is 16.9 Å². The van der Waals surface area contributed by atoms with Gasteiger partial charge in [0.2, 0.25) is 0 Å². The molecule has 2 nitrogen and oxygen atoms in total. The van der Waals surface area contributed by atoms with E-state index in [0.29, 0.717) is 0 Å². The summed E-state index contributed by atoms with van der Waals surface area (Å²) in [5.74, 6) is 0. The maximum atomic E-state index is 4.93. The van der Waals surface area contributed by atoms with Crippen LogP contribution in [0, 0.1) is 6.92 Å². The van der Waals surface area contributed by atoms with Gasteiger partial charge in [-0.05, 0) is 118 Å². The summed E-state index contributed by atoms with van der Waals surface area (Å²) in [4.78, 5) is 4.93. The second kappa shape index (κ2) is 12.0. The molecule has 0 saturated heterocycles. The molecule has 0 amide bonds. The number of rotatable bonds is 4. The third-order valence-corrected chi connectivity index (χ3v) is 11.3. The second-order valence-corrected chi connectivity index (χ2v) is 14.4. The van der Waals surface area contributed by atoms with E-state index in [1.165, 1.54) is 92.8 Å². The van der Waals surface area contributed by atoms with Crippen LogP contribution in [0.3, 0.4) is 0 Å². The van der Waals surface area contributed by atoms with Crippen LogP contribution in [-0.4, -0.2) is 9.38 Å². The summed E-state index contributed by atoms with van der Waals surface area (Å²) in [6.07, 6.45) is 4.17.